The number of piperidine rings is 1. The van der Waals surface area contributed by atoms with E-state index in [0.29, 0.717) is 54.8 Å². The summed E-state index contributed by atoms with van der Waals surface area (Å²) in [5.41, 5.74) is 55.0. The Morgan fingerprint density at radius 1 is 0.409 bits per heavy atom. The van der Waals surface area contributed by atoms with Crippen LogP contribution in [0, 0.1) is 5.82 Å². The topological polar surface area (TPSA) is 658 Å². The SMILES string of the molecule is CC(C)(C)c1ccc(C[C@H](N)C(=O)O)cc1.N[C@@H](Cc1ccc(Br)cc1)C(=O)O.N[C@@H](Cc1ccc(C(F)(F)F)cc1)C(=O)O.N[C@@H](Cc1ccc(Cl)cc1)C(=O)O.N[C@@H](Cc1ccc(F)cc1)C(=O)O.N[C@@H](Cc1ccccn1)C(=O)O.N[C@@H](Cc1cccnc1)C(=O)O.N[C@@H](Cc1cccs1)C(=O)O.N[C@@H](Cc1ccncc1)C(=O)O.O=C(O)[C@@H]1CCCCN1. The Kier molecular flexibility index (Phi) is 54.0. The van der Waals surface area contributed by atoms with Crippen molar-refractivity contribution in [1.82, 2.24) is 20.3 Å². The summed E-state index contributed by atoms with van der Waals surface area (Å²) in [4.78, 5) is 117. The summed E-state index contributed by atoms with van der Waals surface area (Å²) in [6.45, 7) is 7.29. The van der Waals surface area contributed by atoms with Crippen LogP contribution in [0.15, 0.2) is 217 Å². The maximum atomic E-state index is 12.4. The molecule has 1 aliphatic rings. The third kappa shape index (κ3) is 52.6. The van der Waals surface area contributed by atoms with Gasteiger partial charge >= 0.3 is 65.9 Å². The molecule has 5 heterocycles. The Hall–Kier alpha value is -12.0. The molecule has 0 bridgehead atoms. The number of carboxylic acids is 10. The summed E-state index contributed by atoms with van der Waals surface area (Å²) in [5, 5.41) is 90.7. The van der Waals surface area contributed by atoms with Crippen molar-refractivity contribution in [3.05, 3.63) is 288 Å². The Bertz CT molecular complexity index is 4360. The maximum Gasteiger partial charge on any atom is 0.416 e. The lowest BCUT2D eigenvalue weighted by molar-refractivity contribution is -0.140. The maximum absolute atomic E-state index is 12.4. The standard InChI is InChI=1S/C13H19NO2.C10H10F3NO2.C9H10BrNO2.C9H10ClNO2.C9H10FNO2.3C8H10N2O2.C7H9NO2S.C6H11NO2/c1-13(2,3)10-6-4-9(5-7-10)8-11(14)12(15)16;11-10(12,13)7-3-1-6(2-4-7)5-8(14)9(15)16;3*10-7-3-1-6(2-4-7)5-8(11)9(12)13;9-7(8(11)12)5-6-1-3-10-4-2-6;9-7(8(11)12)4-6-2-1-3-10-5-6;9-7(8(11)12)5-6-3-1-2-4-10-6;8-6(7(9)10)4-5-2-1-3-11-5;8-6(9)5-3-1-2-4-7-5/h4-7,11H,8,14H2,1-3H3,(H,15,16);1-4,8H,5,14H2,(H,15,16);3*1-4,8H,5,11H2,(H,12,13);1-4,7H,5,9H2,(H,11,12);1-3,5,7H,4,9H2,(H,11,12);1-4,7H,5,9H2,(H,11,12);1-3,6H,4,8H2,(H,9,10);5,7H,1-4H2,(H,8,9)/t11-;4*8-;3*7-;6-;5-/m0000000000/s1. The molecule has 0 unspecified atom stereocenters. The number of thiophene rings is 1. The van der Waals surface area contributed by atoms with Gasteiger partial charge in [-0.2, -0.15) is 13.2 Å². The fraction of sp³-hybridized carbons (Fsp3) is 0.322. The summed E-state index contributed by atoms with van der Waals surface area (Å²) in [6, 6.07) is 40.3. The van der Waals surface area contributed by atoms with Gasteiger partial charge in [-0.25, -0.2) is 4.39 Å². The molecule has 40 heteroatoms. The van der Waals surface area contributed by atoms with Gasteiger partial charge in [-0.05, 0) is 205 Å². The highest BCUT2D eigenvalue weighted by atomic mass is 79.9. The van der Waals surface area contributed by atoms with Crippen LogP contribution in [-0.4, -0.2) is 193 Å². The van der Waals surface area contributed by atoms with Crippen LogP contribution in [0.2, 0.25) is 5.02 Å². The lowest BCUT2D eigenvalue weighted by atomic mass is 9.86. The second-order valence-corrected chi connectivity index (χ2v) is 31.2. The molecule has 0 aliphatic carbocycles. The molecule has 0 radical (unpaired) electrons. The number of rotatable bonds is 28. The first-order valence-corrected chi connectivity index (χ1v) is 40.5. The lowest BCUT2D eigenvalue weighted by Crippen LogP contribution is -2.40. The molecule has 0 spiro atoms. The van der Waals surface area contributed by atoms with Crippen LogP contribution in [0.3, 0.4) is 0 Å². The van der Waals surface area contributed by atoms with Gasteiger partial charge in [-0.1, -0.05) is 146 Å². The number of nitrogens with one attached hydrogen (secondary N) is 1. The third-order valence-electron chi connectivity index (χ3n) is 17.1. The third-order valence-corrected chi connectivity index (χ3v) is 18.8. The number of carbonyl (C=O) groups is 10. The number of hydrogen-bond donors (Lipinski definition) is 20. The quantitative estimate of drug-likeness (QED) is 0.0206. The Balaban J connectivity index is 0.000000708. The molecule has 1 aliphatic heterocycles. The number of aliphatic carboxylic acids is 10. The molecule has 1 fully saturated rings. The van der Waals surface area contributed by atoms with Gasteiger partial charge in [0.15, 0.2) is 0 Å². The van der Waals surface area contributed by atoms with E-state index in [-0.39, 0.29) is 36.5 Å². The minimum Gasteiger partial charge on any atom is -0.480 e. The molecule has 33 nitrogen and oxygen atoms in total. The van der Waals surface area contributed by atoms with E-state index in [1.165, 1.54) is 53.3 Å². The van der Waals surface area contributed by atoms with E-state index in [2.05, 4.69) is 57.0 Å². The van der Waals surface area contributed by atoms with Crippen LogP contribution in [0.5, 0.6) is 0 Å². The molecule has 1 saturated heterocycles. The lowest BCUT2D eigenvalue weighted by Gasteiger charge is -2.19. The van der Waals surface area contributed by atoms with Gasteiger partial charge in [0.1, 0.15) is 66.2 Å². The van der Waals surface area contributed by atoms with Gasteiger partial charge in [-0.3, -0.25) is 62.9 Å². The molecule has 4 aromatic heterocycles. The van der Waals surface area contributed by atoms with Gasteiger partial charge in [0.25, 0.3) is 0 Å². The number of alkyl halides is 3. The van der Waals surface area contributed by atoms with E-state index in [1.54, 1.807) is 97.7 Å². The summed E-state index contributed by atoms with van der Waals surface area (Å²) < 4.78 is 50.0. The summed E-state index contributed by atoms with van der Waals surface area (Å²) in [5.74, 6) is -10.1. The first-order valence-electron chi connectivity index (χ1n) is 38.5. The van der Waals surface area contributed by atoms with Crippen molar-refractivity contribution in [2.24, 2.45) is 51.6 Å². The number of nitrogens with zero attached hydrogens (tertiary/aromatic N) is 3. The van der Waals surface area contributed by atoms with E-state index in [0.717, 1.165) is 80.7 Å². The fourth-order valence-electron chi connectivity index (χ4n) is 9.89. The van der Waals surface area contributed by atoms with E-state index in [9.17, 15) is 65.5 Å². The minimum absolute atomic E-state index is 0.00741. The number of hydrogen-bond acceptors (Lipinski definition) is 24. The summed E-state index contributed by atoms with van der Waals surface area (Å²) >= 11 is 10.5. The Morgan fingerprint density at radius 2 is 0.764 bits per heavy atom. The number of aromatic nitrogens is 3. The van der Waals surface area contributed by atoms with Gasteiger partial charge in [0.05, 0.1) is 5.56 Å². The van der Waals surface area contributed by atoms with Crippen LogP contribution in [0.4, 0.5) is 17.6 Å². The van der Waals surface area contributed by atoms with Crippen molar-refractivity contribution in [3.8, 4) is 0 Å². The van der Waals surface area contributed by atoms with Crippen molar-refractivity contribution in [2.45, 2.75) is 170 Å². The fourth-order valence-corrected chi connectivity index (χ4v) is 11.0. The largest absolute Gasteiger partial charge is 0.480 e. The molecule has 127 heavy (non-hydrogen) atoms. The minimum atomic E-state index is -4.38. The highest BCUT2D eigenvalue weighted by Crippen LogP contribution is 2.29. The number of halogens is 6. The molecule has 10 rings (SSSR count). The monoisotopic (exact) mass is 1880 g/mol. The van der Waals surface area contributed by atoms with Crippen LogP contribution in [0.1, 0.15) is 101 Å². The number of benzene rings is 5. The zero-order valence-corrected chi connectivity index (χ0v) is 72.6. The summed E-state index contributed by atoms with van der Waals surface area (Å²) in [7, 11) is 0. The van der Waals surface area contributed by atoms with Crippen molar-refractivity contribution < 1.29 is 117 Å². The van der Waals surface area contributed by atoms with E-state index >= 15 is 0 Å². The predicted molar refractivity (Wildman–Crippen MR) is 473 cm³/mol. The molecule has 690 valence electrons. The van der Waals surface area contributed by atoms with Gasteiger partial charge in [-0.15, -0.1) is 11.3 Å². The molecule has 29 N–H and O–H groups in total. The number of nitrogens with two attached hydrogens (primary N) is 9. The number of carboxylic acid groups (broad SMARTS) is 10. The predicted octanol–water partition coefficient (Wildman–Crippen LogP) is 8.10. The van der Waals surface area contributed by atoms with Gasteiger partial charge < -0.3 is 108 Å². The highest BCUT2D eigenvalue weighted by molar-refractivity contribution is 9.10. The van der Waals surface area contributed by atoms with Crippen molar-refractivity contribution in [3.63, 3.8) is 0 Å². The Morgan fingerprint density at radius 3 is 1.08 bits per heavy atom. The molecule has 9 aromatic rings. The van der Waals surface area contributed by atoms with E-state index in [1.807, 2.05) is 66.0 Å². The Labute approximate surface area is 747 Å². The molecule has 5 aromatic carbocycles. The normalized spacial score (nSPS) is 13.8. The summed E-state index contributed by atoms with van der Waals surface area (Å²) in [6.07, 6.45) is 9.31. The first kappa shape index (κ1) is 113. The first-order chi connectivity index (χ1) is 59.5. The second-order valence-electron chi connectivity index (χ2n) is 28.8. The zero-order valence-electron chi connectivity index (χ0n) is 69.4. The molecular weight excluding hydrogens is 1770 g/mol. The molecule has 0 amide bonds. The van der Waals surface area contributed by atoms with Crippen LogP contribution >= 0.6 is 38.9 Å². The van der Waals surface area contributed by atoms with Gasteiger partial charge in [0, 0.05) is 63.9 Å². The van der Waals surface area contributed by atoms with Crippen molar-refractivity contribution in [1.29, 1.82) is 0 Å². The van der Waals surface area contributed by atoms with Crippen LogP contribution in [0.25, 0.3) is 0 Å². The van der Waals surface area contributed by atoms with Crippen molar-refractivity contribution in [2.75, 3.05) is 6.54 Å². The molecule has 10 atom stereocenters. The highest BCUT2D eigenvalue weighted by Gasteiger charge is 2.30. The number of pyridine rings is 3. The van der Waals surface area contributed by atoms with Crippen LogP contribution in [-0.2, 0) is 117 Å². The molecular formula is C87H109BrClF4N13O20S. The zero-order chi connectivity index (χ0) is 96.1. The second kappa shape index (κ2) is 60.6. The smallest absolute Gasteiger partial charge is 0.416 e. The molecule has 0 saturated carbocycles. The van der Waals surface area contributed by atoms with Gasteiger partial charge in [0.2, 0.25) is 0 Å². The average molecular weight is 1880 g/mol. The van der Waals surface area contributed by atoms with Crippen molar-refractivity contribution >= 4 is 98.6 Å². The average Bonchev–Trinajstić information content (AvgIpc) is 1.30. The van der Waals surface area contributed by atoms with E-state index in [4.69, 9.17) is 114 Å². The van der Waals surface area contributed by atoms with E-state index < -0.39 is 126 Å². The van der Waals surface area contributed by atoms with Crippen LogP contribution < -0.4 is 56.9 Å².